The molecule has 2 rings (SSSR count). The molecule has 0 spiro atoms. The van der Waals surface area contributed by atoms with Crippen LogP contribution in [0.1, 0.15) is 6.92 Å². The van der Waals surface area contributed by atoms with Crippen LogP contribution in [0.15, 0.2) is 60.7 Å². The molecule has 0 saturated heterocycles. The fraction of sp³-hybridized carbons (Fsp3) is 0.0625. The zero-order valence-corrected chi connectivity index (χ0v) is 14.3. The standard InChI is InChI=1S/C16H13O3PS2/c1-11(2)16(17)19-14-7-3-12(4-8-14)13-5-9-15(10-6-13)20(18)22-21/h3-10H,1H2,2H3. The van der Waals surface area contributed by atoms with E-state index >= 15 is 0 Å². The van der Waals surface area contributed by atoms with Gasteiger partial charge in [-0.3, -0.25) is 4.57 Å². The smallest absolute Gasteiger partial charge is 0.338 e. The van der Waals surface area contributed by atoms with Crippen molar-refractivity contribution < 1.29 is 14.1 Å². The van der Waals surface area contributed by atoms with Gasteiger partial charge in [0.25, 0.3) is 0 Å². The molecule has 0 heterocycles. The third-order valence-corrected chi connectivity index (χ3v) is 6.00. The van der Waals surface area contributed by atoms with Crippen LogP contribution in [0.25, 0.3) is 11.1 Å². The summed E-state index contributed by atoms with van der Waals surface area (Å²) in [6, 6.07) is 14.6. The van der Waals surface area contributed by atoms with Crippen LogP contribution in [0.4, 0.5) is 0 Å². The first-order valence-corrected chi connectivity index (χ1v) is 9.97. The quantitative estimate of drug-likeness (QED) is 0.365. The lowest BCUT2D eigenvalue weighted by molar-refractivity contribution is -0.130. The van der Waals surface area contributed by atoms with Gasteiger partial charge in [0.1, 0.15) is 5.75 Å². The van der Waals surface area contributed by atoms with E-state index in [0.717, 1.165) is 25.9 Å². The number of ether oxygens (including phenoxy) is 1. The average molecular weight is 348 g/mol. The van der Waals surface area contributed by atoms with E-state index in [1.165, 1.54) is 0 Å². The molecule has 0 saturated carbocycles. The van der Waals surface area contributed by atoms with E-state index < -0.39 is 12.5 Å². The van der Waals surface area contributed by atoms with Gasteiger partial charge in [0, 0.05) is 10.9 Å². The average Bonchev–Trinajstić information content (AvgIpc) is 2.55. The van der Waals surface area contributed by atoms with Crippen molar-refractivity contribution in [2.45, 2.75) is 6.92 Å². The molecule has 0 aliphatic heterocycles. The highest BCUT2D eigenvalue weighted by atomic mass is 32.9. The fourth-order valence-electron chi connectivity index (χ4n) is 1.73. The van der Waals surface area contributed by atoms with Crippen molar-refractivity contribution in [3.05, 3.63) is 60.7 Å². The third-order valence-electron chi connectivity index (χ3n) is 2.89. The number of esters is 1. The molecule has 112 valence electrons. The van der Waals surface area contributed by atoms with Gasteiger partial charge in [0.05, 0.1) is 0 Å². The molecule has 0 bridgehead atoms. The maximum Gasteiger partial charge on any atom is 0.338 e. The highest BCUT2D eigenvalue weighted by Crippen LogP contribution is 2.23. The summed E-state index contributed by atoms with van der Waals surface area (Å²) in [5, 5.41) is 0.728. The molecule has 0 aliphatic carbocycles. The van der Waals surface area contributed by atoms with Gasteiger partial charge in [0.2, 0.25) is 0 Å². The second-order valence-electron chi connectivity index (χ2n) is 4.57. The van der Waals surface area contributed by atoms with Crippen LogP contribution in [0.5, 0.6) is 5.75 Å². The van der Waals surface area contributed by atoms with Crippen LogP contribution >= 0.6 is 6.58 Å². The summed E-state index contributed by atoms with van der Waals surface area (Å²) in [6.07, 6.45) is 0. The minimum Gasteiger partial charge on any atom is -0.423 e. The Morgan fingerprint density at radius 2 is 1.59 bits per heavy atom. The lowest BCUT2D eigenvalue weighted by Crippen LogP contribution is -2.07. The molecule has 0 aliphatic rings. The summed E-state index contributed by atoms with van der Waals surface area (Å²) in [5.74, 6) is 0.0290. The van der Waals surface area contributed by atoms with Gasteiger partial charge in [-0.1, -0.05) is 30.8 Å². The van der Waals surface area contributed by atoms with Gasteiger partial charge in [-0.2, -0.15) is 0 Å². The Morgan fingerprint density at radius 1 is 1.09 bits per heavy atom. The predicted molar refractivity (Wildman–Crippen MR) is 94.3 cm³/mol. The number of rotatable bonds is 4. The SMILES string of the molecule is C=C(C)C(=O)Oc1ccc(-c2ccc(P(=O)=S=S)cc2)cc1. The van der Waals surface area contributed by atoms with Crippen LogP contribution in [-0.4, -0.2) is 5.97 Å². The molecule has 0 radical (unpaired) electrons. The van der Waals surface area contributed by atoms with Gasteiger partial charge >= 0.3 is 5.97 Å². The lowest BCUT2D eigenvalue weighted by atomic mass is 10.1. The summed E-state index contributed by atoms with van der Waals surface area (Å²) < 4.78 is 16.8. The molecule has 0 aromatic heterocycles. The Labute approximate surface area is 137 Å². The van der Waals surface area contributed by atoms with E-state index in [1.54, 1.807) is 19.1 Å². The first-order valence-electron chi connectivity index (χ1n) is 6.36. The molecule has 22 heavy (non-hydrogen) atoms. The molecule has 3 nitrogen and oxygen atoms in total. The van der Waals surface area contributed by atoms with E-state index in [2.05, 4.69) is 6.58 Å². The summed E-state index contributed by atoms with van der Waals surface area (Å²) in [5.41, 5.74) is 2.32. The Bertz CT molecular complexity index is 813. The van der Waals surface area contributed by atoms with Crippen molar-refractivity contribution in [3.8, 4) is 16.9 Å². The van der Waals surface area contributed by atoms with E-state index in [9.17, 15) is 9.36 Å². The maximum atomic E-state index is 11.6. The monoisotopic (exact) mass is 348 g/mol. The number of hydrogen-bond acceptors (Lipinski definition) is 4. The van der Waals surface area contributed by atoms with Crippen molar-refractivity contribution in [1.82, 2.24) is 0 Å². The van der Waals surface area contributed by atoms with E-state index in [-0.39, 0.29) is 0 Å². The second kappa shape index (κ2) is 7.45. The molecular weight excluding hydrogens is 335 g/mol. The van der Waals surface area contributed by atoms with Crippen LogP contribution < -0.4 is 10.0 Å². The lowest BCUT2D eigenvalue weighted by Gasteiger charge is -2.06. The Hall–Kier alpha value is -1.81. The summed E-state index contributed by atoms with van der Waals surface area (Å²) >= 11 is 4.74. The minimum atomic E-state index is -1.56. The van der Waals surface area contributed by atoms with E-state index in [4.69, 9.17) is 15.9 Å². The van der Waals surface area contributed by atoms with Crippen molar-refractivity contribution in [2.24, 2.45) is 0 Å². The van der Waals surface area contributed by atoms with Crippen LogP contribution in [-0.2, 0) is 30.0 Å². The molecular formula is C16H13O3PS2. The highest BCUT2D eigenvalue weighted by molar-refractivity contribution is 8.34. The summed E-state index contributed by atoms with van der Waals surface area (Å²) in [4.78, 5) is 11.4. The fourth-order valence-corrected chi connectivity index (χ4v) is 3.60. The first kappa shape index (κ1) is 16.6. The second-order valence-corrected chi connectivity index (χ2v) is 8.54. The van der Waals surface area contributed by atoms with Gasteiger partial charge in [0.15, 0.2) is 6.58 Å². The zero-order valence-electron chi connectivity index (χ0n) is 11.8. The third kappa shape index (κ3) is 4.10. The van der Waals surface area contributed by atoms with Gasteiger partial charge in [-0.15, -0.1) is 0 Å². The largest absolute Gasteiger partial charge is 0.423 e. The molecule has 1 unspecified atom stereocenters. The van der Waals surface area contributed by atoms with Crippen LogP contribution in [0.3, 0.4) is 0 Å². The van der Waals surface area contributed by atoms with Crippen molar-refractivity contribution in [2.75, 3.05) is 0 Å². The van der Waals surface area contributed by atoms with Crippen molar-refractivity contribution >= 4 is 38.5 Å². The molecule has 1 atom stereocenters. The normalized spacial score (nSPS) is 10.7. The Morgan fingerprint density at radius 3 is 2.05 bits per heavy atom. The topological polar surface area (TPSA) is 43.4 Å². The summed E-state index contributed by atoms with van der Waals surface area (Å²) in [6.45, 7) is 3.58. The minimum absolute atomic E-state index is 0.355. The first-order chi connectivity index (χ1) is 10.5. The van der Waals surface area contributed by atoms with Gasteiger partial charge < -0.3 is 4.74 Å². The Kier molecular flexibility index (Phi) is 5.61. The van der Waals surface area contributed by atoms with Crippen molar-refractivity contribution in [1.29, 1.82) is 0 Å². The number of hydrogen-bond donors (Lipinski definition) is 0. The molecule has 0 N–H and O–H groups in total. The highest BCUT2D eigenvalue weighted by Gasteiger charge is 2.05. The zero-order chi connectivity index (χ0) is 16.1. The molecule has 0 amide bonds. The number of benzene rings is 2. The van der Waals surface area contributed by atoms with E-state index in [1.807, 2.05) is 36.4 Å². The number of carbonyl (C=O) groups excluding carboxylic acids is 1. The molecule has 0 fully saturated rings. The van der Waals surface area contributed by atoms with Crippen LogP contribution in [0.2, 0.25) is 0 Å². The molecule has 2 aromatic rings. The van der Waals surface area contributed by atoms with Crippen LogP contribution in [0, 0.1) is 0 Å². The number of carbonyl (C=O) groups is 1. The van der Waals surface area contributed by atoms with Gasteiger partial charge in [-0.25, -0.2) is 4.79 Å². The summed E-state index contributed by atoms with van der Waals surface area (Å²) in [7, 11) is 0.926. The molecule has 6 heteroatoms. The van der Waals surface area contributed by atoms with Crippen molar-refractivity contribution in [3.63, 3.8) is 0 Å². The van der Waals surface area contributed by atoms with Gasteiger partial charge in [-0.05, 0) is 63.0 Å². The van der Waals surface area contributed by atoms with E-state index in [0.29, 0.717) is 11.3 Å². The Balaban J connectivity index is 2.20. The maximum absolute atomic E-state index is 11.6. The molecule has 2 aromatic carbocycles. The predicted octanol–water partition coefficient (Wildman–Crippen LogP) is 3.75.